The monoisotopic (exact) mass is 307 g/mol. The van der Waals surface area contributed by atoms with Crippen LogP contribution >= 0.6 is 15.9 Å². The second kappa shape index (κ2) is 5.31. The Kier molecular flexibility index (Phi) is 3.77. The smallest absolute Gasteiger partial charge is 0.152 e. The summed E-state index contributed by atoms with van der Waals surface area (Å²) in [5.41, 5.74) is 1.98. The summed E-state index contributed by atoms with van der Waals surface area (Å²) in [7, 11) is 1.80. The molecule has 0 unspecified atom stereocenters. The molecule has 0 radical (unpaired) electrons. The number of carbonyl (C=O) groups excluding carboxylic acids is 1. The van der Waals surface area contributed by atoms with E-state index in [1.54, 1.807) is 30.1 Å². The maximum atomic E-state index is 13.2. The molecule has 0 aromatic heterocycles. The van der Waals surface area contributed by atoms with Crippen LogP contribution in [0.2, 0.25) is 0 Å². The number of rotatable bonds is 3. The van der Waals surface area contributed by atoms with Gasteiger partial charge in [0.25, 0.3) is 0 Å². The van der Waals surface area contributed by atoms with E-state index in [2.05, 4.69) is 15.9 Å². The predicted octanol–water partition coefficient (Wildman–Crippen LogP) is 4.17. The van der Waals surface area contributed by atoms with E-state index in [1.165, 1.54) is 12.1 Å². The van der Waals surface area contributed by atoms with Crippen molar-refractivity contribution in [2.75, 3.05) is 11.9 Å². The molecule has 0 aliphatic carbocycles. The number of anilines is 2. The number of hydrogen-bond donors (Lipinski definition) is 0. The maximum absolute atomic E-state index is 13.2. The SMILES string of the molecule is CN(c1cccc(F)c1)c1ccc(Br)cc1C=O. The molecule has 0 aliphatic heterocycles. The number of aldehydes is 1. The van der Waals surface area contributed by atoms with E-state index in [-0.39, 0.29) is 5.82 Å². The summed E-state index contributed by atoms with van der Waals surface area (Å²) in [5.74, 6) is -0.302. The number of carbonyl (C=O) groups is 1. The summed E-state index contributed by atoms with van der Waals surface area (Å²) >= 11 is 3.32. The molecule has 0 amide bonds. The molecule has 0 saturated carbocycles. The molecule has 2 aromatic carbocycles. The first-order valence-corrected chi connectivity index (χ1v) is 6.15. The molecular weight excluding hydrogens is 297 g/mol. The Morgan fingerprint density at radius 3 is 2.67 bits per heavy atom. The molecule has 0 atom stereocenters. The van der Waals surface area contributed by atoms with Gasteiger partial charge in [-0.05, 0) is 36.4 Å². The van der Waals surface area contributed by atoms with Crippen molar-refractivity contribution < 1.29 is 9.18 Å². The Bertz CT molecular complexity index is 586. The maximum Gasteiger partial charge on any atom is 0.152 e. The van der Waals surface area contributed by atoms with Gasteiger partial charge in [0, 0.05) is 22.8 Å². The van der Waals surface area contributed by atoms with Gasteiger partial charge in [0.05, 0.1) is 5.69 Å². The Hall–Kier alpha value is -1.68. The number of hydrogen-bond acceptors (Lipinski definition) is 2. The molecule has 4 heteroatoms. The highest BCUT2D eigenvalue weighted by molar-refractivity contribution is 9.10. The third-order valence-electron chi connectivity index (χ3n) is 2.67. The van der Waals surface area contributed by atoms with Gasteiger partial charge in [-0.2, -0.15) is 0 Å². The van der Waals surface area contributed by atoms with Gasteiger partial charge in [0.1, 0.15) is 5.82 Å². The van der Waals surface area contributed by atoms with Crippen molar-refractivity contribution in [3.05, 3.63) is 58.3 Å². The van der Waals surface area contributed by atoms with Gasteiger partial charge in [-0.15, -0.1) is 0 Å². The predicted molar refractivity (Wildman–Crippen MR) is 74.0 cm³/mol. The molecule has 2 nitrogen and oxygen atoms in total. The van der Waals surface area contributed by atoms with E-state index in [1.807, 2.05) is 12.1 Å². The summed E-state index contributed by atoms with van der Waals surface area (Å²) in [5, 5.41) is 0. The van der Waals surface area contributed by atoms with Crippen LogP contribution < -0.4 is 4.90 Å². The molecule has 92 valence electrons. The first-order chi connectivity index (χ1) is 8.61. The fourth-order valence-corrected chi connectivity index (χ4v) is 2.13. The fraction of sp³-hybridized carbons (Fsp3) is 0.0714. The van der Waals surface area contributed by atoms with Gasteiger partial charge in [-0.1, -0.05) is 22.0 Å². The van der Waals surface area contributed by atoms with Crippen LogP contribution in [0.1, 0.15) is 10.4 Å². The third-order valence-corrected chi connectivity index (χ3v) is 3.17. The van der Waals surface area contributed by atoms with Crippen LogP contribution in [0.5, 0.6) is 0 Å². The number of benzene rings is 2. The van der Waals surface area contributed by atoms with Crippen molar-refractivity contribution >= 4 is 33.6 Å². The van der Waals surface area contributed by atoms with Crippen molar-refractivity contribution in [1.29, 1.82) is 0 Å². The first-order valence-electron chi connectivity index (χ1n) is 5.36. The van der Waals surface area contributed by atoms with Crippen LogP contribution in [0.25, 0.3) is 0 Å². The van der Waals surface area contributed by atoms with Gasteiger partial charge in [0.2, 0.25) is 0 Å². The van der Waals surface area contributed by atoms with Crippen LogP contribution in [-0.2, 0) is 0 Å². The van der Waals surface area contributed by atoms with Gasteiger partial charge in [-0.25, -0.2) is 4.39 Å². The average Bonchev–Trinajstić information content (AvgIpc) is 2.37. The van der Waals surface area contributed by atoms with E-state index in [4.69, 9.17) is 0 Å². The van der Waals surface area contributed by atoms with Gasteiger partial charge in [-0.3, -0.25) is 4.79 Å². The Morgan fingerprint density at radius 1 is 1.22 bits per heavy atom. The number of halogens is 2. The zero-order valence-electron chi connectivity index (χ0n) is 9.73. The van der Waals surface area contributed by atoms with Gasteiger partial charge < -0.3 is 4.90 Å². The van der Waals surface area contributed by atoms with Crippen molar-refractivity contribution in [3.8, 4) is 0 Å². The summed E-state index contributed by atoms with van der Waals surface area (Å²) in [6.45, 7) is 0. The Balaban J connectivity index is 2.45. The van der Waals surface area contributed by atoms with E-state index in [0.29, 0.717) is 11.3 Å². The largest absolute Gasteiger partial charge is 0.344 e. The molecule has 0 saturated heterocycles. The molecule has 2 aromatic rings. The van der Waals surface area contributed by atoms with Crippen molar-refractivity contribution in [1.82, 2.24) is 0 Å². The molecule has 0 bridgehead atoms. The van der Waals surface area contributed by atoms with E-state index in [0.717, 1.165) is 16.4 Å². The lowest BCUT2D eigenvalue weighted by atomic mass is 10.1. The lowest BCUT2D eigenvalue weighted by Gasteiger charge is -2.21. The minimum atomic E-state index is -0.302. The minimum Gasteiger partial charge on any atom is -0.344 e. The zero-order valence-corrected chi connectivity index (χ0v) is 11.3. The zero-order chi connectivity index (χ0) is 13.1. The molecule has 2 rings (SSSR count). The van der Waals surface area contributed by atoms with Crippen LogP contribution in [0.4, 0.5) is 15.8 Å². The van der Waals surface area contributed by atoms with Crippen molar-refractivity contribution in [2.24, 2.45) is 0 Å². The highest BCUT2D eigenvalue weighted by Crippen LogP contribution is 2.28. The summed E-state index contributed by atoms with van der Waals surface area (Å²) in [6, 6.07) is 11.6. The second-order valence-corrected chi connectivity index (χ2v) is 4.78. The quantitative estimate of drug-likeness (QED) is 0.793. The van der Waals surface area contributed by atoms with Gasteiger partial charge in [0.15, 0.2) is 6.29 Å². The molecule has 0 heterocycles. The second-order valence-electron chi connectivity index (χ2n) is 3.86. The van der Waals surface area contributed by atoms with E-state index in [9.17, 15) is 9.18 Å². The van der Waals surface area contributed by atoms with Gasteiger partial charge >= 0.3 is 0 Å². The van der Waals surface area contributed by atoms with E-state index < -0.39 is 0 Å². The van der Waals surface area contributed by atoms with Crippen LogP contribution in [-0.4, -0.2) is 13.3 Å². The van der Waals surface area contributed by atoms with Crippen molar-refractivity contribution in [3.63, 3.8) is 0 Å². The molecule has 0 N–H and O–H groups in total. The fourth-order valence-electron chi connectivity index (χ4n) is 1.75. The summed E-state index contributed by atoms with van der Waals surface area (Å²) < 4.78 is 14.0. The Labute approximate surface area is 113 Å². The van der Waals surface area contributed by atoms with Crippen molar-refractivity contribution in [2.45, 2.75) is 0 Å². The normalized spacial score (nSPS) is 10.2. The van der Waals surface area contributed by atoms with Crippen LogP contribution in [0.3, 0.4) is 0 Å². The Morgan fingerprint density at radius 2 is 2.00 bits per heavy atom. The van der Waals surface area contributed by atoms with E-state index >= 15 is 0 Å². The summed E-state index contributed by atoms with van der Waals surface area (Å²) in [4.78, 5) is 12.8. The topological polar surface area (TPSA) is 20.3 Å². The highest BCUT2D eigenvalue weighted by atomic mass is 79.9. The molecular formula is C14H11BrFNO. The molecule has 0 aliphatic rings. The molecule has 0 spiro atoms. The average molecular weight is 308 g/mol. The first kappa shape index (κ1) is 12.8. The summed E-state index contributed by atoms with van der Waals surface area (Å²) in [6.07, 6.45) is 0.788. The lowest BCUT2D eigenvalue weighted by Crippen LogP contribution is -2.11. The van der Waals surface area contributed by atoms with Crippen LogP contribution in [0, 0.1) is 5.82 Å². The number of nitrogens with zero attached hydrogens (tertiary/aromatic N) is 1. The third kappa shape index (κ3) is 2.59. The molecule has 0 fully saturated rings. The standard InChI is InChI=1S/C14H11BrFNO/c1-17(13-4-2-3-12(16)8-13)14-6-5-11(15)7-10(14)9-18/h2-9H,1H3. The minimum absolute atomic E-state index is 0.302. The van der Waals surface area contributed by atoms with Crippen LogP contribution in [0.15, 0.2) is 46.9 Å². The highest BCUT2D eigenvalue weighted by Gasteiger charge is 2.09. The lowest BCUT2D eigenvalue weighted by molar-refractivity contribution is 0.112. The molecule has 18 heavy (non-hydrogen) atoms.